The number of benzene rings is 2. The van der Waals surface area contributed by atoms with Crippen LogP contribution in [0.15, 0.2) is 36.4 Å². The molecule has 0 aromatic heterocycles. The largest absolute Gasteiger partial charge is 0.366 e. The van der Waals surface area contributed by atoms with Gasteiger partial charge in [0, 0.05) is 24.3 Å². The second-order valence-electron chi connectivity index (χ2n) is 5.61. The van der Waals surface area contributed by atoms with Gasteiger partial charge in [0.2, 0.25) is 0 Å². The fourth-order valence-electron chi connectivity index (χ4n) is 2.91. The highest BCUT2D eigenvalue weighted by molar-refractivity contribution is 6.00. The van der Waals surface area contributed by atoms with Gasteiger partial charge in [-0.1, -0.05) is 24.3 Å². The van der Waals surface area contributed by atoms with E-state index in [1.807, 2.05) is 6.07 Å². The Hall–Kier alpha value is -2.16. The Morgan fingerprint density at radius 3 is 2.62 bits per heavy atom. The number of rotatable bonds is 2. The zero-order valence-electron chi connectivity index (χ0n) is 12.3. The summed E-state index contributed by atoms with van der Waals surface area (Å²) in [6.07, 6.45) is 0.948. The summed E-state index contributed by atoms with van der Waals surface area (Å²) in [7, 11) is 0. The van der Waals surface area contributed by atoms with Crippen LogP contribution in [0.25, 0.3) is 0 Å². The van der Waals surface area contributed by atoms with Gasteiger partial charge in [-0.3, -0.25) is 4.79 Å². The van der Waals surface area contributed by atoms with Crippen molar-refractivity contribution < 1.29 is 9.18 Å². The van der Waals surface area contributed by atoms with Gasteiger partial charge in [0.15, 0.2) is 5.78 Å². The monoisotopic (exact) mass is 283 g/mol. The van der Waals surface area contributed by atoms with E-state index < -0.39 is 0 Å². The molecule has 1 aliphatic heterocycles. The Labute approximate surface area is 124 Å². The number of anilines is 1. The first-order valence-corrected chi connectivity index (χ1v) is 7.19. The van der Waals surface area contributed by atoms with Gasteiger partial charge in [-0.2, -0.15) is 0 Å². The zero-order valence-corrected chi connectivity index (χ0v) is 12.3. The molecule has 0 bridgehead atoms. The summed E-state index contributed by atoms with van der Waals surface area (Å²) >= 11 is 0. The van der Waals surface area contributed by atoms with E-state index >= 15 is 0 Å². The molecule has 0 aliphatic carbocycles. The van der Waals surface area contributed by atoms with Crippen LogP contribution in [0, 0.1) is 12.7 Å². The molecule has 0 radical (unpaired) electrons. The molecule has 0 unspecified atom stereocenters. The smallest absolute Gasteiger partial charge is 0.161 e. The number of halogens is 1. The topological polar surface area (TPSA) is 20.3 Å². The highest BCUT2D eigenvalue weighted by Crippen LogP contribution is 2.29. The average molecular weight is 283 g/mol. The Balaban J connectivity index is 2.02. The quantitative estimate of drug-likeness (QED) is 0.779. The van der Waals surface area contributed by atoms with E-state index in [2.05, 4.69) is 23.1 Å². The summed E-state index contributed by atoms with van der Waals surface area (Å²) in [4.78, 5) is 14.0. The van der Waals surface area contributed by atoms with Crippen LogP contribution in [0.4, 0.5) is 10.1 Å². The van der Waals surface area contributed by atoms with Crippen LogP contribution in [0.3, 0.4) is 0 Å². The summed E-state index contributed by atoms with van der Waals surface area (Å²) in [6.45, 7) is 4.84. The Bertz CT molecular complexity index is 708. The van der Waals surface area contributed by atoms with Crippen molar-refractivity contribution in [3.05, 3.63) is 64.5 Å². The first kappa shape index (κ1) is 13.8. The highest BCUT2D eigenvalue weighted by atomic mass is 19.1. The molecule has 21 heavy (non-hydrogen) atoms. The molecule has 1 aliphatic rings. The molecule has 0 fully saturated rings. The van der Waals surface area contributed by atoms with E-state index in [1.54, 1.807) is 13.0 Å². The Morgan fingerprint density at radius 2 is 1.90 bits per heavy atom. The Kier molecular flexibility index (Phi) is 3.50. The minimum atomic E-state index is -0.318. The second kappa shape index (κ2) is 5.32. The molecule has 1 heterocycles. The lowest BCUT2D eigenvalue weighted by atomic mass is 9.97. The van der Waals surface area contributed by atoms with Crippen molar-refractivity contribution in [1.29, 1.82) is 0 Å². The molecule has 2 aromatic rings. The fraction of sp³-hybridized carbons (Fsp3) is 0.278. The van der Waals surface area contributed by atoms with Crippen molar-refractivity contribution in [2.75, 3.05) is 11.4 Å². The van der Waals surface area contributed by atoms with Crippen LogP contribution in [-0.4, -0.2) is 12.3 Å². The Morgan fingerprint density at radius 1 is 1.19 bits per heavy atom. The van der Waals surface area contributed by atoms with Crippen LogP contribution in [0.1, 0.15) is 34.0 Å². The molecule has 0 saturated heterocycles. The van der Waals surface area contributed by atoms with E-state index in [0.29, 0.717) is 11.1 Å². The number of nitrogens with zero attached hydrogens (tertiary/aromatic N) is 1. The maximum absolute atomic E-state index is 13.8. The molecule has 3 rings (SSSR count). The van der Waals surface area contributed by atoms with Crippen molar-refractivity contribution in [1.82, 2.24) is 0 Å². The summed E-state index contributed by atoms with van der Waals surface area (Å²) in [6, 6.07) is 11.5. The number of ketones is 1. The van der Waals surface area contributed by atoms with Crippen LogP contribution >= 0.6 is 0 Å². The molecule has 0 spiro atoms. The standard InChI is InChI=1S/C18H18FNO/c1-12-9-18(16(13(2)21)10-17(12)19)20-8-7-14-5-3-4-6-15(14)11-20/h3-6,9-10H,7-8,11H2,1-2H3. The van der Waals surface area contributed by atoms with E-state index in [1.165, 1.54) is 24.1 Å². The van der Waals surface area contributed by atoms with Crippen LogP contribution < -0.4 is 4.90 Å². The van der Waals surface area contributed by atoms with Gasteiger partial charge in [0.1, 0.15) is 5.82 Å². The van der Waals surface area contributed by atoms with Crippen molar-refractivity contribution in [3.8, 4) is 0 Å². The molecule has 3 heteroatoms. The molecule has 2 aromatic carbocycles. The third-order valence-electron chi connectivity index (χ3n) is 4.13. The van der Waals surface area contributed by atoms with E-state index in [4.69, 9.17) is 0 Å². The number of hydrogen-bond donors (Lipinski definition) is 0. The van der Waals surface area contributed by atoms with E-state index in [0.717, 1.165) is 25.2 Å². The second-order valence-corrected chi connectivity index (χ2v) is 5.61. The third kappa shape index (κ3) is 2.56. The third-order valence-corrected chi connectivity index (χ3v) is 4.13. The predicted octanol–water partition coefficient (Wildman–Crippen LogP) is 3.90. The van der Waals surface area contributed by atoms with Crippen molar-refractivity contribution in [2.24, 2.45) is 0 Å². The van der Waals surface area contributed by atoms with E-state index in [-0.39, 0.29) is 11.6 Å². The van der Waals surface area contributed by atoms with Gasteiger partial charge in [-0.15, -0.1) is 0 Å². The van der Waals surface area contributed by atoms with Crippen molar-refractivity contribution >= 4 is 11.5 Å². The van der Waals surface area contributed by atoms with Crippen molar-refractivity contribution in [3.63, 3.8) is 0 Å². The van der Waals surface area contributed by atoms with Crippen molar-refractivity contribution in [2.45, 2.75) is 26.8 Å². The maximum Gasteiger partial charge on any atom is 0.161 e. The fourth-order valence-corrected chi connectivity index (χ4v) is 2.91. The lowest BCUT2D eigenvalue weighted by molar-refractivity contribution is 0.101. The minimum Gasteiger partial charge on any atom is -0.366 e. The summed E-state index contributed by atoms with van der Waals surface area (Å²) in [5, 5.41) is 0. The SMILES string of the molecule is CC(=O)c1cc(F)c(C)cc1N1CCc2ccccc2C1. The number of carbonyl (C=O) groups excluding carboxylic acids is 1. The molecule has 0 saturated carbocycles. The summed E-state index contributed by atoms with van der Waals surface area (Å²) < 4.78 is 13.8. The van der Waals surface area contributed by atoms with Crippen LogP contribution in [0.5, 0.6) is 0 Å². The maximum atomic E-state index is 13.8. The number of aryl methyl sites for hydroxylation is 1. The molecular weight excluding hydrogens is 265 g/mol. The number of fused-ring (bicyclic) bond motifs is 1. The number of hydrogen-bond acceptors (Lipinski definition) is 2. The van der Waals surface area contributed by atoms with Gasteiger partial charge >= 0.3 is 0 Å². The van der Waals surface area contributed by atoms with Gasteiger partial charge < -0.3 is 4.90 Å². The van der Waals surface area contributed by atoms with Gasteiger partial charge in [0.05, 0.1) is 0 Å². The number of Topliss-reactive ketones (excluding diaryl/α,β-unsaturated/α-hetero) is 1. The molecule has 2 nitrogen and oxygen atoms in total. The van der Waals surface area contributed by atoms with Crippen LogP contribution in [-0.2, 0) is 13.0 Å². The average Bonchev–Trinajstić information content (AvgIpc) is 2.49. The first-order valence-electron chi connectivity index (χ1n) is 7.19. The highest BCUT2D eigenvalue weighted by Gasteiger charge is 2.21. The molecule has 0 N–H and O–H groups in total. The first-order chi connectivity index (χ1) is 10.1. The van der Waals surface area contributed by atoms with Gasteiger partial charge in [-0.05, 0) is 49.1 Å². The van der Waals surface area contributed by atoms with Gasteiger partial charge in [0.25, 0.3) is 0 Å². The lowest BCUT2D eigenvalue weighted by Crippen LogP contribution is -2.31. The predicted molar refractivity (Wildman–Crippen MR) is 82.3 cm³/mol. The van der Waals surface area contributed by atoms with Crippen LogP contribution in [0.2, 0.25) is 0 Å². The molecular formula is C18H18FNO. The van der Waals surface area contributed by atoms with Gasteiger partial charge in [-0.25, -0.2) is 4.39 Å². The van der Waals surface area contributed by atoms with E-state index in [9.17, 15) is 9.18 Å². The molecule has 108 valence electrons. The zero-order chi connectivity index (χ0) is 15.0. The lowest BCUT2D eigenvalue weighted by Gasteiger charge is -2.32. The molecule has 0 amide bonds. The molecule has 0 atom stereocenters. The number of carbonyl (C=O) groups is 1. The normalized spacial score (nSPS) is 14.0. The minimum absolute atomic E-state index is 0.0947. The summed E-state index contributed by atoms with van der Waals surface area (Å²) in [5.41, 5.74) is 4.53. The summed E-state index contributed by atoms with van der Waals surface area (Å²) in [5.74, 6) is -0.413.